The molecule has 0 saturated carbocycles. The predicted octanol–water partition coefficient (Wildman–Crippen LogP) is 28.6. The fraction of sp³-hybridized carbons (Fsp3) is 0.113. The first-order valence-electron chi connectivity index (χ1n) is 38.1. The minimum absolute atomic E-state index is 0.00677. The van der Waals surface area contributed by atoms with Gasteiger partial charge in [-0.1, -0.05) is 358 Å². The smallest absolute Gasteiger partial charge is 0.0714 e. The second-order valence-electron chi connectivity index (χ2n) is 31.5. The zero-order valence-electron chi connectivity index (χ0n) is 62.4. The molecule has 0 radical (unpaired) electrons. The number of rotatable bonds is 15. The van der Waals surface area contributed by atoms with Crippen LogP contribution in [0.5, 0.6) is 0 Å². The van der Waals surface area contributed by atoms with E-state index >= 15 is 0 Å². The van der Waals surface area contributed by atoms with Crippen molar-refractivity contribution in [1.82, 2.24) is 0 Å². The molecular formula is C106H86N2. The van der Waals surface area contributed by atoms with E-state index in [1.54, 1.807) is 0 Å². The fourth-order valence-electron chi connectivity index (χ4n) is 18.0. The highest BCUT2D eigenvalue weighted by atomic mass is 15.2. The van der Waals surface area contributed by atoms with Gasteiger partial charge in [0, 0.05) is 33.5 Å². The fourth-order valence-corrected chi connectivity index (χ4v) is 18.0. The molecule has 0 heterocycles. The van der Waals surface area contributed by atoms with Gasteiger partial charge < -0.3 is 9.80 Å². The number of anilines is 6. The summed E-state index contributed by atoms with van der Waals surface area (Å²) in [6.45, 7) is 22.2. The highest BCUT2D eigenvalue weighted by Crippen LogP contribution is 2.61. The van der Waals surface area contributed by atoms with Crippen molar-refractivity contribution in [2.45, 2.75) is 76.0 Å². The minimum atomic E-state index is -0.655. The largest absolute Gasteiger partial charge is 0.310 e. The molecule has 0 fully saturated rings. The molecular weight excluding hydrogens is 1300 g/mol. The van der Waals surface area contributed by atoms with Crippen molar-refractivity contribution < 1.29 is 0 Å². The maximum atomic E-state index is 4.19. The topological polar surface area (TPSA) is 6.48 Å². The number of nitrogens with zero attached hydrogens (tertiary/aromatic N) is 2. The van der Waals surface area contributed by atoms with E-state index < -0.39 is 10.8 Å². The molecule has 0 aromatic heterocycles. The third kappa shape index (κ3) is 11.1. The van der Waals surface area contributed by atoms with Crippen LogP contribution in [0.1, 0.15) is 121 Å². The van der Waals surface area contributed by atoms with Crippen LogP contribution in [0.3, 0.4) is 0 Å². The molecule has 3 aliphatic carbocycles. The lowest BCUT2D eigenvalue weighted by Crippen LogP contribution is -2.31. The summed E-state index contributed by atoms with van der Waals surface area (Å²) in [5.41, 5.74) is 32.4. The summed E-state index contributed by atoms with van der Waals surface area (Å²) in [6.07, 6.45) is 10.6. The molecule has 0 saturated heterocycles. The Hall–Kier alpha value is -12.6. The van der Waals surface area contributed by atoms with Crippen LogP contribution in [-0.2, 0) is 21.7 Å². The van der Waals surface area contributed by atoms with Gasteiger partial charge in [0.15, 0.2) is 0 Å². The van der Waals surface area contributed by atoms with Gasteiger partial charge in [-0.3, -0.25) is 0 Å². The summed E-state index contributed by atoms with van der Waals surface area (Å²) in [5.74, 6) is 0. The van der Waals surface area contributed by atoms with Gasteiger partial charge in [-0.2, -0.15) is 0 Å². The number of benzene rings is 15. The molecule has 18 rings (SSSR count). The van der Waals surface area contributed by atoms with E-state index in [0.717, 1.165) is 96.3 Å². The Balaban J connectivity index is 0.823. The van der Waals surface area contributed by atoms with E-state index in [4.69, 9.17) is 0 Å². The van der Waals surface area contributed by atoms with Gasteiger partial charge >= 0.3 is 0 Å². The molecule has 0 aliphatic heterocycles. The van der Waals surface area contributed by atoms with Crippen molar-refractivity contribution in [1.29, 1.82) is 0 Å². The molecule has 520 valence electrons. The van der Waals surface area contributed by atoms with E-state index in [2.05, 4.69) is 416 Å². The Kier molecular flexibility index (Phi) is 16.7. The van der Waals surface area contributed by atoms with E-state index in [-0.39, 0.29) is 10.8 Å². The first-order chi connectivity index (χ1) is 52.7. The van der Waals surface area contributed by atoms with Gasteiger partial charge in [-0.05, 0) is 218 Å². The maximum absolute atomic E-state index is 4.19. The van der Waals surface area contributed by atoms with Gasteiger partial charge in [-0.15, -0.1) is 0 Å². The standard InChI is InChI=1S/C106H86N2/c1-9-71-37-45-79(46-38-71)105(81-53-49-77(50-54-81)103(3,4)5)97-35-23-21-31-91(97)93-63-61-85(69-99(93)105)107(83-57-41-75(42-58-83)73-25-13-11-14-26-73)101-67-65-89(87-29-17-19-33-95(87)101)90-66-68-102(96-34-20-18-30-88(90)96)108(84-59-43-76(44-60-84)74-27-15-12-16-28-74)86-62-64-94-92-32-22-24-36-98(92)106(100(94)70-86,80-47-39-72(10-2)40-48-80)82-55-51-78(52-56-82)104(6,7)8/h9-23,25-35,37-70H,1-2,24,36H2,3-8H3. The third-order valence-electron chi connectivity index (χ3n) is 23.4. The van der Waals surface area contributed by atoms with Crippen LogP contribution in [0.2, 0.25) is 0 Å². The molecule has 3 aliphatic rings. The second-order valence-corrected chi connectivity index (χ2v) is 31.5. The molecule has 2 nitrogen and oxygen atoms in total. The summed E-state index contributed by atoms with van der Waals surface area (Å²) in [6, 6.07) is 129. The van der Waals surface area contributed by atoms with Crippen LogP contribution < -0.4 is 9.80 Å². The molecule has 15 aromatic carbocycles. The Morgan fingerprint density at radius 3 is 1.12 bits per heavy atom. The number of fused-ring (bicyclic) bond motifs is 7. The van der Waals surface area contributed by atoms with Gasteiger partial charge in [0.1, 0.15) is 0 Å². The second kappa shape index (κ2) is 26.8. The Morgan fingerprint density at radius 2 is 0.667 bits per heavy atom. The van der Waals surface area contributed by atoms with Gasteiger partial charge in [-0.25, -0.2) is 0 Å². The van der Waals surface area contributed by atoms with Crippen molar-refractivity contribution >= 4 is 73.4 Å². The van der Waals surface area contributed by atoms with E-state index in [0.29, 0.717) is 0 Å². The van der Waals surface area contributed by atoms with Crippen molar-refractivity contribution in [2.24, 2.45) is 0 Å². The van der Waals surface area contributed by atoms with Gasteiger partial charge in [0.05, 0.1) is 22.2 Å². The Morgan fingerprint density at radius 1 is 0.306 bits per heavy atom. The highest BCUT2D eigenvalue weighted by molar-refractivity contribution is 6.13. The summed E-state index contributed by atoms with van der Waals surface area (Å²) in [5, 5.41) is 4.61. The predicted molar refractivity (Wildman–Crippen MR) is 460 cm³/mol. The lowest BCUT2D eigenvalue weighted by molar-refractivity contribution is 0.589. The normalized spacial score (nSPS) is 15.7. The molecule has 0 N–H and O–H groups in total. The van der Waals surface area contributed by atoms with E-state index in [1.807, 2.05) is 12.2 Å². The number of hydrogen-bond donors (Lipinski definition) is 0. The average Bonchev–Trinajstić information content (AvgIpc) is 1.53. The molecule has 2 unspecified atom stereocenters. The van der Waals surface area contributed by atoms with E-state index in [9.17, 15) is 0 Å². The maximum Gasteiger partial charge on any atom is 0.0714 e. The lowest BCUT2D eigenvalue weighted by atomic mass is 9.65. The average molecular weight is 1390 g/mol. The third-order valence-corrected chi connectivity index (χ3v) is 23.4. The van der Waals surface area contributed by atoms with Crippen molar-refractivity contribution in [3.63, 3.8) is 0 Å². The Labute approximate surface area is 637 Å². The monoisotopic (exact) mass is 1390 g/mol. The van der Waals surface area contributed by atoms with Crippen molar-refractivity contribution in [3.8, 4) is 44.5 Å². The first-order valence-corrected chi connectivity index (χ1v) is 38.1. The summed E-state index contributed by atoms with van der Waals surface area (Å²) in [4.78, 5) is 5.02. The zero-order chi connectivity index (χ0) is 73.5. The number of allylic oxidation sites excluding steroid dienone is 4. The van der Waals surface area contributed by atoms with E-state index in [1.165, 1.54) is 94.6 Å². The van der Waals surface area contributed by atoms with Crippen LogP contribution >= 0.6 is 0 Å². The van der Waals surface area contributed by atoms with Crippen LogP contribution in [0.25, 0.3) is 83.8 Å². The molecule has 2 atom stereocenters. The van der Waals surface area contributed by atoms with Crippen LogP contribution in [0.15, 0.2) is 371 Å². The summed E-state index contributed by atoms with van der Waals surface area (Å²) in [7, 11) is 0. The summed E-state index contributed by atoms with van der Waals surface area (Å²) < 4.78 is 0. The molecule has 0 spiro atoms. The van der Waals surface area contributed by atoms with Gasteiger partial charge in [0.25, 0.3) is 0 Å². The molecule has 0 bridgehead atoms. The lowest BCUT2D eigenvalue weighted by Gasteiger charge is -2.37. The Bertz CT molecular complexity index is 6040. The molecule has 15 aromatic rings. The molecule has 108 heavy (non-hydrogen) atoms. The van der Waals surface area contributed by atoms with Crippen molar-refractivity contribution in [3.05, 3.63) is 437 Å². The molecule has 0 amide bonds. The van der Waals surface area contributed by atoms with Crippen LogP contribution in [0.4, 0.5) is 34.1 Å². The quantitative estimate of drug-likeness (QED) is 0.101. The van der Waals surface area contributed by atoms with Crippen LogP contribution in [-0.4, -0.2) is 0 Å². The first kappa shape index (κ1) is 67.3. The van der Waals surface area contributed by atoms with Crippen LogP contribution in [0, 0.1) is 0 Å². The highest BCUT2D eigenvalue weighted by Gasteiger charge is 2.49. The summed E-state index contributed by atoms with van der Waals surface area (Å²) >= 11 is 0. The molecule has 2 heteroatoms. The van der Waals surface area contributed by atoms with Gasteiger partial charge in [0.2, 0.25) is 0 Å². The van der Waals surface area contributed by atoms with Crippen molar-refractivity contribution in [2.75, 3.05) is 9.80 Å². The zero-order valence-corrected chi connectivity index (χ0v) is 62.4. The SMILES string of the molecule is C=Cc1ccc(C2(c3ccc(C(C)(C)C)cc3)C3=C(C=CCC3)c3ccc(N(c4ccc(-c5ccccc5)cc4)c4ccc(-c5ccc(N(c6ccc(-c7ccccc7)cc6)c6ccc7c(c6)C(c6ccc(C=C)cc6)(c6ccc(C(C)(C)C)cc6)c6ccccc6-7)c6ccccc56)c5ccccc45)cc32)cc1. The minimum Gasteiger partial charge on any atom is -0.310 e. The number of hydrogen-bond acceptors (Lipinski definition) is 2.